The van der Waals surface area contributed by atoms with Gasteiger partial charge < -0.3 is 0 Å². The number of rotatable bonds is 2. The maximum Gasteiger partial charge on any atom is 0.0856 e. The Bertz CT molecular complexity index is 436. The van der Waals surface area contributed by atoms with Crippen molar-refractivity contribution in [3.63, 3.8) is 0 Å². The van der Waals surface area contributed by atoms with Crippen LogP contribution in [0.4, 0.5) is 0 Å². The zero-order valence-corrected chi connectivity index (χ0v) is 7.46. The second kappa shape index (κ2) is 3.71. The summed E-state index contributed by atoms with van der Waals surface area (Å²) in [5, 5.41) is 16.5. The van der Waals surface area contributed by atoms with Crippen LogP contribution in [0.1, 0.15) is 5.56 Å². The third kappa shape index (κ3) is 1.62. The second-order valence-electron chi connectivity index (χ2n) is 2.82. The third-order valence-corrected chi connectivity index (χ3v) is 1.87. The van der Waals surface area contributed by atoms with E-state index in [2.05, 4.69) is 16.3 Å². The molecule has 4 nitrogen and oxygen atoms in total. The van der Waals surface area contributed by atoms with Gasteiger partial charge in [-0.2, -0.15) is 20.3 Å². The predicted molar refractivity (Wildman–Crippen MR) is 50.7 cm³/mol. The van der Waals surface area contributed by atoms with Gasteiger partial charge in [-0.25, -0.2) is 0 Å². The highest BCUT2D eigenvalue weighted by Gasteiger charge is 1.97. The van der Waals surface area contributed by atoms with E-state index in [-0.39, 0.29) is 0 Å². The normalized spacial score (nSPS) is 9.64. The minimum Gasteiger partial charge on any atom is -0.198 e. The van der Waals surface area contributed by atoms with Crippen LogP contribution in [-0.4, -0.2) is 15.0 Å². The lowest BCUT2D eigenvalue weighted by Gasteiger charge is -1.99. The Balaban J connectivity index is 2.27. The van der Waals surface area contributed by atoms with Crippen molar-refractivity contribution >= 4 is 0 Å². The largest absolute Gasteiger partial charge is 0.198 e. The van der Waals surface area contributed by atoms with Gasteiger partial charge in [0, 0.05) is 0 Å². The Kier molecular flexibility index (Phi) is 2.24. The van der Waals surface area contributed by atoms with Crippen LogP contribution in [0.25, 0.3) is 5.69 Å². The molecule has 0 saturated carbocycles. The Morgan fingerprint density at radius 2 is 1.79 bits per heavy atom. The first-order chi connectivity index (χ1) is 6.90. The number of hydrogen-bond acceptors (Lipinski definition) is 3. The van der Waals surface area contributed by atoms with Crippen molar-refractivity contribution in [2.75, 3.05) is 0 Å². The molecular formula is C10H8N4. The predicted octanol–water partition coefficient (Wildman–Crippen LogP) is 1.33. The van der Waals surface area contributed by atoms with Gasteiger partial charge in [0.05, 0.1) is 30.6 Å². The Labute approximate surface area is 81.4 Å². The van der Waals surface area contributed by atoms with Crippen LogP contribution in [0, 0.1) is 11.3 Å². The van der Waals surface area contributed by atoms with Gasteiger partial charge >= 0.3 is 0 Å². The summed E-state index contributed by atoms with van der Waals surface area (Å²) in [4.78, 5) is 1.54. The molecule has 0 amide bonds. The van der Waals surface area contributed by atoms with Crippen LogP contribution >= 0.6 is 0 Å². The van der Waals surface area contributed by atoms with E-state index in [1.807, 2.05) is 24.3 Å². The molecule has 0 aliphatic heterocycles. The van der Waals surface area contributed by atoms with Gasteiger partial charge in [0.25, 0.3) is 0 Å². The highest BCUT2D eigenvalue weighted by molar-refractivity contribution is 5.33. The maximum absolute atomic E-state index is 8.49. The fourth-order valence-electron chi connectivity index (χ4n) is 1.19. The molecule has 0 fully saturated rings. The molecule has 2 rings (SSSR count). The van der Waals surface area contributed by atoms with Gasteiger partial charge in [-0.05, 0) is 17.7 Å². The van der Waals surface area contributed by atoms with Crippen LogP contribution < -0.4 is 0 Å². The quantitative estimate of drug-likeness (QED) is 0.707. The van der Waals surface area contributed by atoms with Crippen LogP contribution in [-0.2, 0) is 6.42 Å². The van der Waals surface area contributed by atoms with Crippen LogP contribution in [0.5, 0.6) is 0 Å². The molecule has 0 aliphatic rings. The average molecular weight is 184 g/mol. The summed E-state index contributed by atoms with van der Waals surface area (Å²) in [6.45, 7) is 0. The Morgan fingerprint density at radius 1 is 1.14 bits per heavy atom. The number of nitriles is 1. The molecule has 68 valence electrons. The molecule has 1 aromatic heterocycles. The van der Waals surface area contributed by atoms with E-state index in [0.717, 1.165) is 11.3 Å². The zero-order chi connectivity index (χ0) is 9.80. The Morgan fingerprint density at radius 3 is 2.36 bits per heavy atom. The summed E-state index contributed by atoms with van der Waals surface area (Å²) < 4.78 is 0. The summed E-state index contributed by atoms with van der Waals surface area (Å²) in [7, 11) is 0. The van der Waals surface area contributed by atoms with E-state index in [0.29, 0.717) is 6.42 Å². The number of benzene rings is 1. The van der Waals surface area contributed by atoms with Crippen molar-refractivity contribution in [2.24, 2.45) is 0 Å². The lowest BCUT2D eigenvalue weighted by Crippen LogP contribution is -1.97. The molecular weight excluding hydrogens is 176 g/mol. The van der Waals surface area contributed by atoms with Gasteiger partial charge in [0.1, 0.15) is 0 Å². The van der Waals surface area contributed by atoms with E-state index >= 15 is 0 Å². The molecule has 1 heterocycles. The van der Waals surface area contributed by atoms with Crippen molar-refractivity contribution in [2.45, 2.75) is 6.42 Å². The summed E-state index contributed by atoms with van der Waals surface area (Å²) >= 11 is 0. The van der Waals surface area contributed by atoms with Crippen molar-refractivity contribution in [3.8, 4) is 11.8 Å². The van der Waals surface area contributed by atoms with Crippen LogP contribution in [0.2, 0.25) is 0 Å². The van der Waals surface area contributed by atoms with Crippen LogP contribution in [0.15, 0.2) is 36.7 Å². The minimum absolute atomic E-state index is 0.437. The van der Waals surface area contributed by atoms with Crippen molar-refractivity contribution < 1.29 is 0 Å². The summed E-state index contributed by atoms with van der Waals surface area (Å²) in [6, 6.07) is 9.70. The monoisotopic (exact) mass is 184 g/mol. The van der Waals surface area contributed by atoms with E-state index < -0.39 is 0 Å². The SMILES string of the molecule is N#CCc1ccc(-n2nccn2)cc1. The first-order valence-electron chi connectivity index (χ1n) is 4.23. The maximum atomic E-state index is 8.49. The summed E-state index contributed by atoms with van der Waals surface area (Å²) in [5.74, 6) is 0. The number of aromatic nitrogens is 3. The van der Waals surface area contributed by atoms with E-state index in [9.17, 15) is 0 Å². The van der Waals surface area contributed by atoms with Crippen molar-refractivity contribution in [3.05, 3.63) is 42.2 Å². The first-order valence-corrected chi connectivity index (χ1v) is 4.23. The molecule has 0 aliphatic carbocycles. The first kappa shape index (κ1) is 8.45. The Hall–Kier alpha value is -2.15. The van der Waals surface area contributed by atoms with Crippen molar-refractivity contribution in [1.82, 2.24) is 15.0 Å². The van der Waals surface area contributed by atoms with Gasteiger partial charge in [-0.3, -0.25) is 0 Å². The molecule has 0 bridgehead atoms. The highest BCUT2D eigenvalue weighted by atomic mass is 15.5. The van der Waals surface area contributed by atoms with E-state index in [1.54, 1.807) is 12.4 Å². The molecule has 0 radical (unpaired) electrons. The number of hydrogen-bond donors (Lipinski definition) is 0. The van der Waals surface area contributed by atoms with Gasteiger partial charge in [-0.1, -0.05) is 12.1 Å². The molecule has 0 unspecified atom stereocenters. The smallest absolute Gasteiger partial charge is 0.0856 e. The summed E-state index contributed by atoms with van der Waals surface area (Å²) in [5.41, 5.74) is 1.90. The number of nitrogens with zero attached hydrogens (tertiary/aromatic N) is 4. The molecule has 0 spiro atoms. The average Bonchev–Trinajstić information content (AvgIpc) is 2.72. The van der Waals surface area contributed by atoms with E-state index in [4.69, 9.17) is 5.26 Å². The zero-order valence-electron chi connectivity index (χ0n) is 7.46. The summed E-state index contributed by atoms with van der Waals surface area (Å²) in [6.07, 6.45) is 3.69. The van der Waals surface area contributed by atoms with Gasteiger partial charge in [-0.15, -0.1) is 0 Å². The molecule has 0 atom stereocenters. The molecule has 0 saturated heterocycles. The van der Waals surface area contributed by atoms with Gasteiger partial charge in [0.15, 0.2) is 0 Å². The van der Waals surface area contributed by atoms with Gasteiger partial charge in [0.2, 0.25) is 0 Å². The molecule has 0 N–H and O–H groups in total. The second-order valence-corrected chi connectivity index (χ2v) is 2.82. The fraction of sp³-hybridized carbons (Fsp3) is 0.100. The molecule has 4 heteroatoms. The fourth-order valence-corrected chi connectivity index (χ4v) is 1.19. The molecule has 1 aromatic carbocycles. The lowest BCUT2D eigenvalue weighted by molar-refractivity contribution is 0.751. The molecule has 14 heavy (non-hydrogen) atoms. The third-order valence-electron chi connectivity index (χ3n) is 1.87. The highest BCUT2D eigenvalue weighted by Crippen LogP contribution is 2.07. The molecule has 2 aromatic rings. The topological polar surface area (TPSA) is 54.5 Å². The lowest BCUT2D eigenvalue weighted by atomic mass is 10.1. The standard InChI is InChI=1S/C10H8N4/c11-6-5-9-1-3-10(4-2-9)14-12-7-8-13-14/h1-4,7-8H,5H2. The minimum atomic E-state index is 0.437. The van der Waals surface area contributed by atoms with Crippen molar-refractivity contribution in [1.29, 1.82) is 5.26 Å². The van der Waals surface area contributed by atoms with Crippen LogP contribution in [0.3, 0.4) is 0 Å². The van der Waals surface area contributed by atoms with E-state index in [1.165, 1.54) is 4.80 Å².